The fourth-order valence-electron chi connectivity index (χ4n) is 2.15. The molecule has 1 saturated heterocycles. The van der Waals surface area contributed by atoms with Gasteiger partial charge in [-0.25, -0.2) is 0 Å². The monoisotopic (exact) mass is 222 g/mol. The van der Waals surface area contributed by atoms with E-state index in [-0.39, 0.29) is 6.04 Å². The van der Waals surface area contributed by atoms with Gasteiger partial charge >= 0.3 is 0 Å². The van der Waals surface area contributed by atoms with Gasteiger partial charge in [-0.1, -0.05) is 5.16 Å². The third kappa shape index (κ3) is 1.97. The summed E-state index contributed by atoms with van der Waals surface area (Å²) >= 11 is 0. The average molecular weight is 222 g/mol. The van der Waals surface area contributed by atoms with Gasteiger partial charge in [0.25, 0.3) is 0 Å². The maximum atomic E-state index is 5.30. The van der Waals surface area contributed by atoms with E-state index in [0.29, 0.717) is 5.92 Å². The highest BCUT2D eigenvalue weighted by atomic mass is 16.5. The van der Waals surface area contributed by atoms with E-state index in [4.69, 9.17) is 4.52 Å². The summed E-state index contributed by atoms with van der Waals surface area (Å²) in [7, 11) is 0. The van der Waals surface area contributed by atoms with Crippen LogP contribution in [0.3, 0.4) is 0 Å². The van der Waals surface area contributed by atoms with Gasteiger partial charge in [-0.15, -0.1) is 0 Å². The van der Waals surface area contributed by atoms with Gasteiger partial charge in [0.2, 0.25) is 5.89 Å². The predicted octanol–water partition coefficient (Wildman–Crippen LogP) is 0.913. The summed E-state index contributed by atoms with van der Waals surface area (Å²) in [6.45, 7) is 6.39. The van der Waals surface area contributed by atoms with Crippen molar-refractivity contribution in [3.05, 3.63) is 11.7 Å². The standard InChI is InChI=1S/C11H18N4O/c1-8(15-6-4-12-5-7-15)10-13-11(16-14-10)9-2-3-9/h8-9,12H,2-7H2,1H3. The van der Waals surface area contributed by atoms with Crippen molar-refractivity contribution < 1.29 is 4.52 Å². The first-order valence-electron chi connectivity index (χ1n) is 6.13. The average Bonchev–Trinajstić information content (AvgIpc) is 3.08. The van der Waals surface area contributed by atoms with Gasteiger partial charge in [-0.3, -0.25) is 4.90 Å². The Hall–Kier alpha value is -0.940. The number of rotatable bonds is 3. The third-order valence-electron chi connectivity index (χ3n) is 3.46. The molecule has 1 aliphatic heterocycles. The van der Waals surface area contributed by atoms with Crippen LogP contribution in [-0.4, -0.2) is 41.2 Å². The first kappa shape index (κ1) is 10.2. The van der Waals surface area contributed by atoms with E-state index >= 15 is 0 Å². The van der Waals surface area contributed by atoms with Crippen molar-refractivity contribution in [2.75, 3.05) is 26.2 Å². The number of piperazine rings is 1. The lowest BCUT2D eigenvalue weighted by atomic mass is 10.2. The quantitative estimate of drug-likeness (QED) is 0.824. The van der Waals surface area contributed by atoms with Crippen LogP contribution in [0.25, 0.3) is 0 Å². The summed E-state index contributed by atoms with van der Waals surface area (Å²) in [4.78, 5) is 6.91. The van der Waals surface area contributed by atoms with Crippen LogP contribution in [0.4, 0.5) is 0 Å². The molecule has 5 heteroatoms. The lowest BCUT2D eigenvalue weighted by molar-refractivity contribution is 0.176. The summed E-state index contributed by atoms with van der Waals surface area (Å²) in [5, 5.41) is 7.45. The molecule has 3 rings (SSSR count). The second kappa shape index (κ2) is 4.14. The summed E-state index contributed by atoms with van der Waals surface area (Å²) in [6.07, 6.45) is 2.42. The highest BCUT2D eigenvalue weighted by molar-refractivity contribution is 5.03. The molecular weight excluding hydrogens is 204 g/mol. The minimum Gasteiger partial charge on any atom is -0.339 e. The van der Waals surface area contributed by atoms with Crippen LogP contribution in [0.1, 0.15) is 43.4 Å². The Balaban J connectivity index is 1.69. The zero-order valence-corrected chi connectivity index (χ0v) is 9.65. The molecule has 1 aromatic heterocycles. The Bertz CT molecular complexity index is 355. The van der Waals surface area contributed by atoms with Crippen LogP contribution in [0.5, 0.6) is 0 Å². The molecule has 1 atom stereocenters. The van der Waals surface area contributed by atoms with Crippen molar-refractivity contribution in [3.8, 4) is 0 Å². The van der Waals surface area contributed by atoms with E-state index in [0.717, 1.165) is 37.9 Å². The first-order chi connectivity index (χ1) is 7.84. The van der Waals surface area contributed by atoms with E-state index in [1.54, 1.807) is 0 Å². The van der Waals surface area contributed by atoms with Crippen molar-refractivity contribution in [1.82, 2.24) is 20.4 Å². The third-order valence-corrected chi connectivity index (χ3v) is 3.46. The van der Waals surface area contributed by atoms with E-state index in [2.05, 4.69) is 27.3 Å². The van der Waals surface area contributed by atoms with Crippen LogP contribution in [0.2, 0.25) is 0 Å². The minimum absolute atomic E-state index is 0.276. The van der Waals surface area contributed by atoms with Gasteiger partial charge in [0, 0.05) is 32.1 Å². The summed E-state index contributed by atoms with van der Waals surface area (Å²) in [6, 6.07) is 0.276. The number of hydrogen-bond donors (Lipinski definition) is 1. The maximum absolute atomic E-state index is 5.30. The largest absolute Gasteiger partial charge is 0.339 e. The zero-order chi connectivity index (χ0) is 11.0. The Kier molecular flexibility index (Phi) is 2.65. The van der Waals surface area contributed by atoms with Gasteiger partial charge < -0.3 is 9.84 Å². The second-order valence-corrected chi connectivity index (χ2v) is 4.73. The van der Waals surface area contributed by atoms with Crippen LogP contribution in [0.15, 0.2) is 4.52 Å². The highest BCUT2D eigenvalue weighted by Crippen LogP contribution is 2.39. The molecule has 1 aliphatic carbocycles. The van der Waals surface area contributed by atoms with Crippen LogP contribution < -0.4 is 5.32 Å². The van der Waals surface area contributed by atoms with Gasteiger partial charge in [0.1, 0.15) is 0 Å². The van der Waals surface area contributed by atoms with Crippen molar-refractivity contribution >= 4 is 0 Å². The molecule has 0 spiro atoms. The van der Waals surface area contributed by atoms with Gasteiger partial charge in [-0.2, -0.15) is 4.98 Å². The highest BCUT2D eigenvalue weighted by Gasteiger charge is 2.31. The smallest absolute Gasteiger partial charge is 0.229 e. The zero-order valence-electron chi connectivity index (χ0n) is 9.65. The molecule has 1 aromatic rings. The van der Waals surface area contributed by atoms with Crippen LogP contribution in [-0.2, 0) is 0 Å². The molecule has 2 fully saturated rings. The van der Waals surface area contributed by atoms with Crippen LogP contribution in [0, 0.1) is 0 Å². The Morgan fingerprint density at radius 1 is 1.38 bits per heavy atom. The fourth-order valence-corrected chi connectivity index (χ4v) is 2.15. The lowest BCUT2D eigenvalue weighted by Gasteiger charge is -2.30. The molecule has 16 heavy (non-hydrogen) atoms. The summed E-state index contributed by atoms with van der Waals surface area (Å²) in [5.74, 6) is 2.25. The molecule has 0 amide bonds. The second-order valence-electron chi connectivity index (χ2n) is 4.73. The Labute approximate surface area is 95.2 Å². The first-order valence-corrected chi connectivity index (χ1v) is 6.13. The van der Waals surface area contributed by atoms with Gasteiger partial charge in [0.15, 0.2) is 5.82 Å². The molecule has 88 valence electrons. The van der Waals surface area contributed by atoms with E-state index in [1.807, 2.05) is 0 Å². The molecule has 0 aromatic carbocycles. The maximum Gasteiger partial charge on any atom is 0.229 e. The van der Waals surface area contributed by atoms with Crippen LogP contribution >= 0.6 is 0 Å². The van der Waals surface area contributed by atoms with E-state index in [9.17, 15) is 0 Å². The molecule has 1 saturated carbocycles. The number of nitrogens with one attached hydrogen (secondary N) is 1. The SMILES string of the molecule is CC(c1noc(C2CC2)n1)N1CCNCC1. The molecular formula is C11H18N4O. The number of aromatic nitrogens is 2. The summed E-state index contributed by atoms with van der Waals surface area (Å²) < 4.78 is 5.30. The number of hydrogen-bond acceptors (Lipinski definition) is 5. The Morgan fingerprint density at radius 2 is 2.12 bits per heavy atom. The number of nitrogens with zero attached hydrogens (tertiary/aromatic N) is 3. The molecule has 5 nitrogen and oxygen atoms in total. The van der Waals surface area contributed by atoms with Crippen molar-refractivity contribution in [1.29, 1.82) is 0 Å². The minimum atomic E-state index is 0.276. The molecule has 2 aliphatic rings. The predicted molar refractivity (Wildman–Crippen MR) is 59.1 cm³/mol. The molecule has 2 heterocycles. The Morgan fingerprint density at radius 3 is 2.81 bits per heavy atom. The molecule has 1 unspecified atom stereocenters. The van der Waals surface area contributed by atoms with Crippen molar-refractivity contribution in [2.45, 2.75) is 31.7 Å². The lowest BCUT2D eigenvalue weighted by Crippen LogP contribution is -2.44. The topological polar surface area (TPSA) is 54.2 Å². The normalized spacial score (nSPS) is 24.6. The van der Waals surface area contributed by atoms with Gasteiger partial charge in [0.05, 0.1) is 6.04 Å². The molecule has 1 N–H and O–H groups in total. The molecule has 0 radical (unpaired) electrons. The van der Waals surface area contributed by atoms with Gasteiger partial charge in [-0.05, 0) is 19.8 Å². The van der Waals surface area contributed by atoms with Crippen molar-refractivity contribution in [2.24, 2.45) is 0 Å². The molecule has 0 bridgehead atoms. The fraction of sp³-hybridized carbons (Fsp3) is 0.818. The summed E-state index contributed by atoms with van der Waals surface area (Å²) in [5.41, 5.74) is 0. The van der Waals surface area contributed by atoms with E-state index in [1.165, 1.54) is 12.8 Å². The van der Waals surface area contributed by atoms with E-state index < -0.39 is 0 Å². The van der Waals surface area contributed by atoms with Crippen molar-refractivity contribution in [3.63, 3.8) is 0 Å².